The summed E-state index contributed by atoms with van der Waals surface area (Å²) in [5, 5.41) is 8.86. The summed E-state index contributed by atoms with van der Waals surface area (Å²) in [6.07, 6.45) is 0. The highest BCUT2D eigenvalue weighted by molar-refractivity contribution is 8.08. The lowest BCUT2D eigenvalue weighted by molar-refractivity contribution is -0.120. The Morgan fingerprint density at radius 3 is 2.50 bits per heavy atom. The van der Waals surface area contributed by atoms with Gasteiger partial charge in [0, 0.05) is 5.25 Å². The van der Waals surface area contributed by atoms with E-state index in [-0.39, 0.29) is 17.6 Å². The van der Waals surface area contributed by atoms with E-state index < -0.39 is 0 Å². The third-order valence-electron chi connectivity index (χ3n) is 1.18. The molecule has 2 unspecified atom stereocenters. The Kier molecular flexibility index (Phi) is 1.58. The van der Waals surface area contributed by atoms with Gasteiger partial charge in [0.15, 0.2) is 5.78 Å². The van der Waals surface area contributed by atoms with Gasteiger partial charge in [-0.1, -0.05) is 6.92 Å². The molecule has 1 N–H and O–H groups in total. The fraction of sp³-hybridized carbons (Fsp3) is 0.800. The summed E-state index contributed by atoms with van der Waals surface area (Å²) in [6.45, 7) is 1.70. The summed E-state index contributed by atoms with van der Waals surface area (Å²) in [6, 6.07) is 0. The van der Waals surface area contributed by atoms with Crippen molar-refractivity contribution in [3.63, 3.8) is 0 Å². The zero-order valence-corrected chi connectivity index (χ0v) is 5.44. The van der Waals surface area contributed by atoms with E-state index in [1.165, 1.54) is 0 Å². The maximum Gasteiger partial charge on any atom is 0.172 e. The number of hydrogen-bond donors (Lipinski definition) is 1. The number of aliphatic hydroxyl groups is 1. The van der Waals surface area contributed by atoms with Gasteiger partial charge in [0.2, 0.25) is 0 Å². The Morgan fingerprint density at radius 1 is 1.88 bits per heavy atom. The van der Waals surface area contributed by atoms with E-state index in [0.29, 0.717) is 5.25 Å². The molecule has 0 amide bonds. The number of ketones is 1. The van der Waals surface area contributed by atoms with Crippen LogP contribution in [0.2, 0.25) is 0 Å². The molecule has 46 valence electrons. The molecule has 0 spiro atoms. The topological polar surface area (TPSA) is 37.3 Å². The molecule has 1 fully saturated rings. The average Bonchev–Trinajstić information content (AvgIpc) is 2.45. The van der Waals surface area contributed by atoms with E-state index in [1.807, 2.05) is 6.92 Å². The van der Waals surface area contributed by atoms with Crippen molar-refractivity contribution in [2.24, 2.45) is 0 Å². The monoisotopic (exact) mass is 132 g/mol. The fourth-order valence-electron chi connectivity index (χ4n) is 0.614. The van der Waals surface area contributed by atoms with Crippen LogP contribution in [0.1, 0.15) is 6.92 Å². The lowest BCUT2D eigenvalue weighted by Gasteiger charge is -1.85. The number of carbonyl (C=O) groups is 1. The number of thioether (sulfide) groups is 1. The summed E-state index contributed by atoms with van der Waals surface area (Å²) >= 11 is 1.61. The van der Waals surface area contributed by atoms with Crippen molar-refractivity contribution in [1.29, 1.82) is 0 Å². The summed E-state index contributed by atoms with van der Waals surface area (Å²) in [7, 11) is 0. The van der Waals surface area contributed by atoms with Crippen LogP contribution >= 0.6 is 11.8 Å². The van der Waals surface area contributed by atoms with Crippen LogP contribution < -0.4 is 0 Å². The van der Waals surface area contributed by atoms with E-state index in [9.17, 15) is 4.79 Å². The van der Waals surface area contributed by atoms with E-state index in [2.05, 4.69) is 0 Å². The average molecular weight is 132 g/mol. The van der Waals surface area contributed by atoms with Crippen molar-refractivity contribution in [2.45, 2.75) is 17.4 Å². The minimum atomic E-state index is -0.290. The molecule has 2 atom stereocenters. The number of aliphatic hydroxyl groups excluding tert-OH is 1. The SMILES string of the molecule is CC1SC1C(=O)CO. The Morgan fingerprint density at radius 2 is 2.38 bits per heavy atom. The summed E-state index contributed by atoms with van der Waals surface area (Å²) in [5.41, 5.74) is 0. The highest BCUT2D eigenvalue weighted by Gasteiger charge is 2.39. The third kappa shape index (κ3) is 1.03. The Hall–Kier alpha value is -0.0200. The first-order valence-electron chi connectivity index (χ1n) is 2.54. The van der Waals surface area contributed by atoms with Gasteiger partial charge >= 0.3 is 0 Å². The predicted octanol–water partition coefficient (Wildman–Crippen LogP) is 0.0517. The Labute approximate surface area is 52.3 Å². The van der Waals surface area contributed by atoms with Gasteiger partial charge in [-0.3, -0.25) is 4.79 Å². The normalized spacial score (nSPS) is 34.8. The first-order valence-corrected chi connectivity index (χ1v) is 3.49. The molecule has 1 aliphatic rings. The van der Waals surface area contributed by atoms with Gasteiger partial charge in [-0.15, -0.1) is 11.8 Å². The van der Waals surface area contributed by atoms with Crippen molar-refractivity contribution in [2.75, 3.05) is 6.61 Å². The van der Waals surface area contributed by atoms with Crippen LogP contribution in [0.15, 0.2) is 0 Å². The molecule has 1 rings (SSSR count). The molecular weight excluding hydrogens is 124 g/mol. The van der Waals surface area contributed by atoms with E-state index in [1.54, 1.807) is 11.8 Å². The Balaban J connectivity index is 2.28. The molecule has 1 saturated heterocycles. The molecule has 8 heavy (non-hydrogen) atoms. The minimum Gasteiger partial charge on any atom is -0.389 e. The fourth-order valence-corrected chi connectivity index (χ4v) is 1.36. The molecule has 0 aromatic heterocycles. The van der Waals surface area contributed by atoms with Crippen molar-refractivity contribution in [3.8, 4) is 0 Å². The van der Waals surface area contributed by atoms with E-state index in [0.717, 1.165) is 0 Å². The van der Waals surface area contributed by atoms with Gasteiger partial charge in [0.05, 0.1) is 5.25 Å². The van der Waals surface area contributed by atoms with Crippen LogP contribution in [0, 0.1) is 0 Å². The molecular formula is C5H8O2S. The van der Waals surface area contributed by atoms with Crippen molar-refractivity contribution in [3.05, 3.63) is 0 Å². The first kappa shape index (κ1) is 6.11. The van der Waals surface area contributed by atoms with Crippen molar-refractivity contribution >= 4 is 17.5 Å². The van der Waals surface area contributed by atoms with E-state index >= 15 is 0 Å². The molecule has 2 nitrogen and oxygen atoms in total. The highest BCUT2D eigenvalue weighted by Crippen LogP contribution is 2.40. The number of carbonyl (C=O) groups excluding carboxylic acids is 1. The van der Waals surface area contributed by atoms with E-state index in [4.69, 9.17) is 5.11 Å². The van der Waals surface area contributed by atoms with Gasteiger partial charge in [-0.05, 0) is 0 Å². The standard InChI is InChI=1S/C5H8O2S/c1-3-5(8-3)4(7)2-6/h3,5-6H,2H2,1H3. The zero-order chi connectivity index (χ0) is 6.15. The second-order valence-electron chi connectivity index (χ2n) is 1.89. The summed E-state index contributed by atoms with van der Waals surface area (Å²) in [4.78, 5) is 10.5. The molecule has 3 heteroatoms. The molecule has 0 radical (unpaired) electrons. The van der Waals surface area contributed by atoms with Crippen molar-refractivity contribution < 1.29 is 9.90 Å². The van der Waals surface area contributed by atoms with Crippen LogP contribution in [0.5, 0.6) is 0 Å². The second kappa shape index (κ2) is 2.07. The zero-order valence-electron chi connectivity index (χ0n) is 4.63. The van der Waals surface area contributed by atoms with Gasteiger partial charge in [-0.2, -0.15) is 0 Å². The lowest BCUT2D eigenvalue weighted by atomic mass is 10.2. The molecule has 1 heterocycles. The molecule has 0 aliphatic carbocycles. The van der Waals surface area contributed by atoms with Crippen LogP contribution in [0.25, 0.3) is 0 Å². The van der Waals surface area contributed by atoms with Gasteiger partial charge < -0.3 is 5.11 Å². The number of rotatable bonds is 2. The number of Topliss-reactive ketones (excluding diaryl/α,β-unsaturated/α-hetero) is 1. The first-order chi connectivity index (χ1) is 3.75. The van der Waals surface area contributed by atoms with Crippen molar-refractivity contribution in [1.82, 2.24) is 0 Å². The van der Waals surface area contributed by atoms with Gasteiger partial charge in [0.1, 0.15) is 6.61 Å². The van der Waals surface area contributed by atoms with Crippen LogP contribution in [0.4, 0.5) is 0 Å². The maximum absolute atomic E-state index is 10.5. The second-order valence-corrected chi connectivity index (χ2v) is 3.41. The molecule has 0 aromatic rings. The third-order valence-corrected chi connectivity index (χ3v) is 2.54. The van der Waals surface area contributed by atoms with Crippen LogP contribution in [-0.2, 0) is 4.79 Å². The largest absolute Gasteiger partial charge is 0.389 e. The lowest BCUT2D eigenvalue weighted by Crippen LogP contribution is -2.11. The number of hydrogen-bond acceptors (Lipinski definition) is 3. The molecule has 0 saturated carbocycles. The van der Waals surface area contributed by atoms with Crippen LogP contribution in [-0.4, -0.2) is 28.0 Å². The quantitative estimate of drug-likeness (QED) is 0.539. The molecule has 0 bridgehead atoms. The maximum atomic E-state index is 10.5. The smallest absolute Gasteiger partial charge is 0.172 e. The van der Waals surface area contributed by atoms with Crippen LogP contribution in [0.3, 0.4) is 0 Å². The summed E-state index contributed by atoms with van der Waals surface area (Å²) in [5.74, 6) is -0.0255. The molecule has 0 aromatic carbocycles. The summed E-state index contributed by atoms with van der Waals surface area (Å²) < 4.78 is 0. The van der Waals surface area contributed by atoms with Gasteiger partial charge in [-0.25, -0.2) is 0 Å². The van der Waals surface area contributed by atoms with Gasteiger partial charge in [0.25, 0.3) is 0 Å². The highest BCUT2D eigenvalue weighted by atomic mass is 32.2. The minimum absolute atomic E-state index is 0.0255. The molecule has 1 aliphatic heterocycles. The Bertz CT molecular complexity index is 113. The predicted molar refractivity (Wildman–Crippen MR) is 32.9 cm³/mol.